The predicted molar refractivity (Wildman–Crippen MR) is 61.9 cm³/mol. The minimum absolute atomic E-state index is 0.519. The number of rotatable bonds is 2. The van der Waals surface area contributed by atoms with E-state index in [1.165, 1.54) is 16.8 Å². The molecule has 0 fully saturated rings. The van der Waals surface area contributed by atoms with Crippen LogP contribution in [0.25, 0.3) is 0 Å². The number of nitrogens with zero attached hydrogens (tertiary/aromatic N) is 1. The summed E-state index contributed by atoms with van der Waals surface area (Å²) >= 11 is 0. The number of hydrogen-bond acceptors (Lipinski definition) is 1. The second-order valence-electron chi connectivity index (χ2n) is 4.69. The van der Waals surface area contributed by atoms with Crippen molar-refractivity contribution in [2.24, 2.45) is 0 Å². The molecule has 0 aliphatic heterocycles. The Morgan fingerprint density at radius 1 is 1.00 bits per heavy atom. The highest BCUT2D eigenvalue weighted by Gasteiger charge is 2.14. The van der Waals surface area contributed by atoms with E-state index < -0.39 is 0 Å². The van der Waals surface area contributed by atoms with Gasteiger partial charge in [0.2, 0.25) is 0 Å². The molecule has 0 aliphatic rings. The van der Waals surface area contributed by atoms with Crippen LogP contribution in [0.1, 0.15) is 62.0 Å². The monoisotopic (exact) mass is 191 g/mol. The summed E-state index contributed by atoms with van der Waals surface area (Å²) in [7, 11) is 0. The summed E-state index contributed by atoms with van der Waals surface area (Å²) in [5.41, 5.74) is 5.23. The van der Waals surface area contributed by atoms with Crippen LogP contribution in [0.4, 0.5) is 0 Å². The molecule has 1 rings (SSSR count). The van der Waals surface area contributed by atoms with Crippen molar-refractivity contribution in [1.29, 1.82) is 0 Å². The summed E-state index contributed by atoms with van der Waals surface area (Å²) in [4.78, 5) is 4.65. The van der Waals surface area contributed by atoms with Crippen LogP contribution in [0, 0.1) is 13.8 Å². The Morgan fingerprint density at radius 3 is 2.00 bits per heavy atom. The van der Waals surface area contributed by atoms with E-state index >= 15 is 0 Å². The molecule has 78 valence electrons. The van der Waals surface area contributed by atoms with Gasteiger partial charge in [0.25, 0.3) is 0 Å². The molecule has 0 bridgehead atoms. The Morgan fingerprint density at radius 2 is 1.57 bits per heavy atom. The maximum Gasteiger partial charge on any atom is 0.0469 e. The van der Waals surface area contributed by atoms with Crippen molar-refractivity contribution < 1.29 is 0 Å². The molecule has 1 heteroatoms. The molecule has 0 radical (unpaired) electrons. The summed E-state index contributed by atoms with van der Waals surface area (Å²) in [6.07, 6.45) is 0. The number of pyridine rings is 1. The highest BCUT2D eigenvalue weighted by molar-refractivity contribution is 5.35. The van der Waals surface area contributed by atoms with Crippen LogP contribution in [0.2, 0.25) is 0 Å². The molecular weight excluding hydrogens is 170 g/mol. The lowest BCUT2D eigenvalue weighted by Gasteiger charge is -2.18. The average Bonchev–Trinajstić information content (AvgIpc) is 2.01. The zero-order valence-corrected chi connectivity index (χ0v) is 10.2. The number of hydrogen-bond donors (Lipinski definition) is 0. The molecular formula is C13H21N. The molecule has 0 saturated carbocycles. The summed E-state index contributed by atoms with van der Waals surface area (Å²) in [5.74, 6) is 1.09. The lowest BCUT2D eigenvalue weighted by Crippen LogP contribution is -2.05. The van der Waals surface area contributed by atoms with Crippen LogP contribution in [0.15, 0.2) is 6.07 Å². The Kier molecular flexibility index (Phi) is 3.30. The smallest absolute Gasteiger partial charge is 0.0469 e. The van der Waals surface area contributed by atoms with Gasteiger partial charge in [0.05, 0.1) is 0 Å². The van der Waals surface area contributed by atoms with Gasteiger partial charge in [-0.15, -0.1) is 0 Å². The number of aryl methyl sites for hydroxylation is 2. The van der Waals surface area contributed by atoms with Crippen LogP contribution < -0.4 is 0 Å². The largest absolute Gasteiger partial charge is 0.258 e. The van der Waals surface area contributed by atoms with Gasteiger partial charge in [-0.25, -0.2) is 0 Å². The molecule has 1 aromatic rings. The van der Waals surface area contributed by atoms with Crippen LogP contribution in [-0.2, 0) is 0 Å². The predicted octanol–water partition coefficient (Wildman–Crippen LogP) is 3.95. The molecule has 1 heterocycles. The van der Waals surface area contributed by atoms with Gasteiger partial charge < -0.3 is 0 Å². The maximum absolute atomic E-state index is 4.65. The molecule has 0 aliphatic carbocycles. The fraction of sp³-hybridized carbons (Fsp3) is 0.615. The topological polar surface area (TPSA) is 12.9 Å². The summed E-state index contributed by atoms with van der Waals surface area (Å²) in [6, 6.07) is 2.18. The zero-order chi connectivity index (χ0) is 10.9. The van der Waals surface area contributed by atoms with Gasteiger partial charge in [-0.1, -0.05) is 27.7 Å². The second kappa shape index (κ2) is 4.12. The molecule has 0 unspecified atom stereocenters. The highest BCUT2D eigenvalue weighted by atomic mass is 14.7. The molecule has 0 aromatic carbocycles. The fourth-order valence-electron chi connectivity index (χ4n) is 2.07. The normalized spacial score (nSPS) is 11.4. The first kappa shape index (κ1) is 11.2. The lowest BCUT2D eigenvalue weighted by molar-refractivity contribution is 0.745. The van der Waals surface area contributed by atoms with Crippen molar-refractivity contribution in [2.75, 3.05) is 0 Å². The van der Waals surface area contributed by atoms with Gasteiger partial charge in [-0.3, -0.25) is 4.98 Å². The molecule has 0 saturated heterocycles. The van der Waals surface area contributed by atoms with Crippen LogP contribution in [0.5, 0.6) is 0 Å². The van der Waals surface area contributed by atoms with E-state index in [9.17, 15) is 0 Å². The molecule has 0 N–H and O–H groups in total. The van der Waals surface area contributed by atoms with Gasteiger partial charge in [-0.05, 0) is 42.9 Å². The first-order valence-electron chi connectivity index (χ1n) is 5.41. The fourth-order valence-corrected chi connectivity index (χ4v) is 2.07. The summed E-state index contributed by atoms with van der Waals surface area (Å²) < 4.78 is 0. The standard InChI is InChI=1S/C13H21N/c1-8(2)12-10(5)7-11(6)14-13(12)9(3)4/h7-9H,1-6H3. The van der Waals surface area contributed by atoms with Crippen molar-refractivity contribution in [2.45, 2.75) is 53.4 Å². The summed E-state index contributed by atoms with van der Waals surface area (Å²) in [6.45, 7) is 13.2. The third-order valence-corrected chi connectivity index (χ3v) is 2.55. The van der Waals surface area contributed by atoms with E-state index in [-0.39, 0.29) is 0 Å². The quantitative estimate of drug-likeness (QED) is 0.690. The Bertz CT molecular complexity index is 324. The SMILES string of the molecule is Cc1cc(C)c(C(C)C)c(C(C)C)n1. The highest BCUT2D eigenvalue weighted by Crippen LogP contribution is 2.27. The summed E-state index contributed by atoms with van der Waals surface area (Å²) in [5, 5.41) is 0. The second-order valence-corrected chi connectivity index (χ2v) is 4.69. The number of aromatic nitrogens is 1. The van der Waals surface area contributed by atoms with Crippen molar-refractivity contribution >= 4 is 0 Å². The average molecular weight is 191 g/mol. The van der Waals surface area contributed by atoms with Gasteiger partial charge in [0.15, 0.2) is 0 Å². The van der Waals surface area contributed by atoms with Crippen LogP contribution in [-0.4, -0.2) is 4.98 Å². The van der Waals surface area contributed by atoms with E-state index in [2.05, 4.69) is 52.6 Å². The Balaban J connectivity index is 3.37. The van der Waals surface area contributed by atoms with Crippen molar-refractivity contribution in [1.82, 2.24) is 4.98 Å². The van der Waals surface area contributed by atoms with Gasteiger partial charge >= 0.3 is 0 Å². The minimum atomic E-state index is 0.519. The first-order valence-corrected chi connectivity index (χ1v) is 5.41. The molecule has 1 aromatic heterocycles. The third kappa shape index (κ3) is 2.14. The van der Waals surface area contributed by atoms with Crippen molar-refractivity contribution in [3.63, 3.8) is 0 Å². The van der Waals surface area contributed by atoms with E-state index in [0.717, 1.165) is 5.69 Å². The minimum Gasteiger partial charge on any atom is -0.258 e. The molecule has 14 heavy (non-hydrogen) atoms. The van der Waals surface area contributed by atoms with E-state index in [4.69, 9.17) is 0 Å². The molecule has 0 atom stereocenters. The van der Waals surface area contributed by atoms with Crippen LogP contribution >= 0.6 is 0 Å². The van der Waals surface area contributed by atoms with Crippen molar-refractivity contribution in [3.8, 4) is 0 Å². The van der Waals surface area contributed by atoms with E-state index in [1.54, 1.807) is 0 Å². The first-order chi connectivity index (χ1) is 6.43. The van der Waals surface area contributed by atoms with E-state index in [1.807, 2.05) is 0 Å². The Hall–Kier alpha value is -0.850. The van der Waals surface area contributed by atoms with Gasteiger partial charge in [0, 0.05) is 11.4 Å². The van der Waals surface area contributed by atoms with Crippen LogP contribution in [0.3, 0.4) is 0 Å². The third-order valence-electron chi connectivity index (χ3n) is 2.55. The Labute approximate surface area is 87.6 Å². The lowest BCUT2D eigenvalue weighted by atomic mass is 9.91. The van der Waals surface area contributed by atoms with Crippen molar-refractivity contribution in [3.05, 3.63) is 28.6 Å². The molecule has 1 nitrogen and oxygen atoms in total. The maximum atomic E-state index is 4.65. The zero-order valence-electron chi connectivity index (χ0n) is 10.2. The van der Waals surface area contributed by atoms with E-state index in [0.29, 0.717) is 11.8 Å². The van der Waals surface area contributed by atoms with Gasteiger partial charge in [-0.2, -0.15) is 0 Å². The molecule has 0 spiro atoms. The molecule has 0 amide bonds. The van der Waals surface area contributed by atoms with Gasteiger partial charge in [0.1, 0.15) is 0 Å².